The number of thiazole rings is 1. The molecule has 7 heteroatoms. The fourth-order valence-corrected chi connectivity index (χ4v) is 5.71. The first-order valence-corrected chi connectivity index (χ1v) is 11.2. The normalized spacial score (nSPS) is 23.4. The number of para-hydroxylation sites is 1. The van der Waals surface area contributed by atoms with Gasteiger partial charge in [-0.05, 0) is 50.7 Å². The number of rotatable bonds is 5. The third kappa shape index (κ3) is 4.27. The summed E-state index contributed by atoms with van der Waals surface area (Å²) in [6.07, 6.45) is 6.88. The summed E-state index contributed by atoms with van der Waals surface area (Å²) in [7, 11) is 0. The van der Waals surface area contributed by atoms with Crippen LogP contribution in [0.3, 0.4) is 0 Å². The van der Waals surface area contributed by atoms with Crippen LogP contribution in [-0.2, 0) is 14.3 Å². The summed E-state index contributed by atoms with van der Waals surface area (Å²) in [6.45, 7) is -0.328. The second-order valence-corrected chi connectivity index (χ2v) is 9.14. The molecular weight excluding hydrogens is 386 g/mol. The molecule has 1 aromatic heterocycles. The Morgan fingerprint density at radius 3 is 2.72 bits per heavy atom. The zero-order valence-electron chi connectivity index (χ0n) is 16.4. The molecule has 2 saturated carbocycles. The van der Waals surface area contributed by atoms with Gasteiger partial charge in [-0.15, -0.1) is 11.3 Å². The zero-order chi connectivity index (χ0) is 20.3. The number of hydrogen-bond acceptors (Lipinski definition) is 6. The highest BCUT2D eigenvalue weighted by Crippen LogP contribution is 2.41. The first kappa shape index (κ1) is 19.8. The number of fused-ring (bicyclic) bond motifs is 1. The van der Waals surface area contributed by atoms with Gasteiger partial charge in [-0.1, -0.05) is 25.0 Å². The van der Waals surface area contributed by atoms with E-state index in [2.05, 4.69) is 11.4 Å². The lowest BCUT2D eigenvalue weighted by Crippen LogP contribution is -2.47. The van der Waals surface area contributed by atoms with E-state index in [1.165, 1.54) is 0 Å². The first-order chi connectivity index (χ1) is 14.1. The van der Waals surface area contributed by atoms with Gasteiger partial charge in [-0.25, -0.2) is 4.98 Å². The number of nitriles is 1. The van der Waals surface area contributed by atoms with Crippen molar-refractivity contribution < 1.29 is 14.3 Å². The quantitative estimate of drug-likeness (QED) is 0.749. The third-order valence-electron chi connectivity index (χ3n) is 6.09. The molecule has 0 saturated heterocycles. The van der Waals surface area contributed by atoms with E-state index in [0.717, 1.165) is 53.7 Å². The van der Waals surface area contributed by atoms with Crippen LogP contribution in [0.4, 0.5) is 0 Å². The highest BCUT2D eigenvalue weighted by molar-refractivity contribution is 7.18. The lowest BCUT2D eigenvalue weighted by atomic mass is 9.79. The maximum absolute atomic E-state index is 12.8. The monoisotopic (exact) mass is 411 g/mol. The Hall–Kier alpha value is -2.46. The predicted octanol–water partition coefficient (Wildman–Crippen LogP) is 4.07. The van der Waals surface area contributed by atoms with Gasteiger partial charge in [0.15, 0.2) is 6.61 Å². The van der Waals surface area contributed by atoms with Gasteiger partial charge in [-0.3, -0.25) is 9.59 Å². The number of esters is 1. The Kier molecular flexibility index (Phi) is 5.81. The highest BCUT2D eigenvalue weighted by atomic mass is 32.1. The summed E-state index contributed by atoms with van der Waals surface area (Å²) in [5.74, 6) is -0.957. The minimum Gasteiger partial charge on any atom is -0.455 e. The standard InChI is InChI=1S/C22H25N3O3S/c23-14-22(11-5-6-12-22)25-19(26)13-28-21(27)16-8-2-1-7-15(16)20-24-17-9-3-4-10-18(17)29-20/h3-4,9-10,15-16H,1-2,5-8,11-13H2,(H,25,26)/t15-,16+/m0/s1. The fourth-order valence-electron chi connectivity index (χ4n) is 4.55. The van der Waals surface area contributed by atoms with Crippen molar-refractivity contribution in [2.75, 3.05) is 6.61 Å². The molecule has 0 bridgehead atoms. The van der Waals surface area contributed by atoms with E-state index in [9.17, 15) is 14.9 Å². The Labute approximate surface area is 174 Å². The van der Waals surface area contributed by atoms with Crippen LogP contribution in [0, 0.1) is 17.2 Å². The molecule has 1 heterocycles. The summed E-state index contributed by atoms with van der Waals surface area (Å²) in [4.78, 5) is 29.8. The van der Waals surface area contributed by atoms with Crippen LogP contribution in [0.5, 0.6) is 0 Å². The zero-order valence-corrected chi connectivity index (χ0v) is 17.2. The van der Waals surface area contributed by atoms with Crippen LogP contribution < -0.4 is 5.32 Å². The lowest BCUT2D eigenvalue weighted by Gasteiger charge is -2.28. The van der Waals surface area contributed by atoms with Crippen molar-refractivity contribution in [2.24, 2.45) is 5.92 Å². The van der Waals surface area contributed by atoms with E-state index in [0.29, 0.717) is 12.8 Å². The van der Waals surface area contributed by atoms with Gasteiger partial charge in [-0.2, -0.15) is 5.26 Å². The highest BCUT2D eigenvalue weighted by Gasteiger charge is 2.37. The number of carbonyl (C=O) groups excluding carboxylic acids is 2. The minimum absolute atomic E-state index is 0.0389. The van der Waals surface area contributed by atoms with Crippen molar-refractivity contribution in [1.82, 2.24) is 10.3 Å². The summed E-state index contributed by atoms with van der Waals surface area (Å²) in [5.41, 5.74) is 0.167. The van der Waals surface area contributed by atoms with Crippen molar-refractivity contribution in [2.45, 2.75) is 62.8 Å². The van der Waals surface area contributed by atoms with Crippen molar-refractivity contribution in [3.05, 3.63) is 29.3 Å². The number of nitrogens with one attached hydrogen (secondary N) is 1. The van der Waals surface area contributed by atoms with Crippen LogP contribution in [0.1, 0.15) is 62.3 Å². The topological polar surface area (TPSA) is 92.1 Å². The molecule has 6 nitrogen and oxygen atoms in total. The van der Waals surface area contributed by atoms with Gasteiger partial charge < -0.3 is 10.1 Å². The molecule has 2 atom stereocenters. The second-order valence-electron chi connectivity index (χ2n) is 8.07. The van der Waals surface area contributed by atoms with Crippen LogP contribution in [0.15, 0.2) is 24.3 Å². The van der Waals surface area contributed by atoms with Crippen molar-refractivity contribution in [3.63, 3.8) is 0 Å². The Morgan fingerprint density at radius 2 is 1.97 bits per heavy atom. The van der Waals surface area contributed by atoms with Crippen LogP contribution >= 0.6 is 11.3 Å². The molecule has 4 rings (SSSR count). The van der Waals surface area contributed by atoms with Crippen molar-refractivity contribution in [1.29, 1.82) is 5.26 Å². The number of ether oxygens (including phenoxy) is 1. The van der Waals surface area contributed by atoms with E-state index in [1.807, 2.05) is 24.3 Å². The average Bonchev–Trinajstić information content (AvgIpc) is 3.39. The van der Waals surface area contributed by atoms with Crippen LogP contribution in [0.25, 0.3) is 10.2 Å². The lowest BCUT2D eigenvalue weighted by molar-refractivity contribution is -0.154. The van der Waals surface area contributed by atoms with Crippen molar-refractivity contribution >= 4 is 33.4 Å². The van der Waals surface area contributed by atoms with E-state index >= 15 is 0 Å². The molecule has 2 aliphatic rings. The molecule has 1 amide bonds. The van der Waals surface area contributed by atoms with Crippen molar-refractivity contribution in [3.8, 4) is 6.07 Å². The molecule has 0 aliphatic heterocycles. The number of hydrogen-bond donors (Lipinski definition) is 1. The van der Waals surface area contributed by atoms with E-state index in [4.69, 9.17) is 9.72 Å². The molecule has 0 unspecified atom stereocenters. The van der Waals surface area contributed by atoms with Crippen LogP contribution in [-0.4, -0.2) is 29.0 Å². The SMILES string of the molecule is N#CC1(NC(=O)COC(=O)[C@@H]2CCCC[C@@H]2c2nc3ccccc3s2)CCCC1. The maximum Gasteiger partial charge on any atom is 0.310 e. The maximum atomic E-state index is 12.8. The average molecular weight is 412 g/mol. The van der Waals surface area contributed by atoms with E-state index < -0.39 is 11.4 Å². The molecule has 2 aromatic rings. The molecule has 152 valence electrons. The number of benzene rings is 1. The molecule has 29 heavy (non-hydrogen) atoms. The first-order valence-electron chi connectivity index (χ1n) is 10.3. The summed E-state index contributed by atoms with van der Waals surface area (Å²) in [6, 6.07) is 10.2. The molecule has 0 radical (unpaired) electrons. The summed E-state index contributed by atoms with van der Waals surface area (Å²) in [5, 5.41) is 13.1. The molecule has 2 aliphatic carbocycles. The number of carbonyl (C=O) groups is 2. The second kappa shape index (κ2) is 8.50. The molecule has 2 fully saturated rings. The molecule has 1 aromatic carbocycles. The third-order valence-corrected chi connectivity index (χ3v) is 7.26. The predicted molar refractivity (Wildman–Crippen MR) is 110 cm³/mol. The Bertz CT molecular complexity index is 909. The minimum atomic E-state index is -0.794. The van der Waals surface area contributed by atoms with Gasteiger partial charge in [0.05, 0.1) is 27.2 Å². The molecule has 1 N–H and O–H groups in total. The van der Waals surface area contributed by atoms with Gasteiger partial charge in [0, 0.05) is 5.92 Å². The van der Waals surface area contributed by atoms with E-state index in [1.54, 1.807) is 11.3 Å². The Balaban J connectivity index is 1.40. The number of nitrogens with zero attached hydrogens (tertiary/aromatic N) is 2. The smallest absolute Gasteiger partial charge is 0.310 e. The van der Waals surface area contributed by atoms with Gasteiger partial charge in [0.2, 0.25) is 0 Å². The number of aromatic nitrogens is 1. The molecular formula is C22H25N3O3S. The van der Waals surface area contributed by atoms with Crippen LogP contribution in [0.2, 0.25) is 0 Å². The fraction of sp³-hybridized carbons (Fsp3) is 0.545. The number of amides is 1. The van der Waals surface area contributed by atoms with Gasteiger partial charge in [0.1, 0.15) is 5.54 Å². The summed E-state index contributed by atoms with van der Waals surface area (Å²) >= 11 is 1.64. The Morgan fingerprint density at radius 1 is 1.21 bits per heavy atom. The molecule has 0 spiro atoms. The van der Waals surface area contributed by atoms with Gasteiger partial charge in [0.25, 0.3) is 5.91 Å². The summed E-state index contributed by atoms with van der Waals surface area (Å²) < 4.78 is 6.51. The van der Waals surface area contributed by atoms with Gasteiger partial charge >= 0.3 is 5.97 Å². The largest absolute Gasteiger partial charge is 0.455 e. The van der Waals surface area contributed by atoms with E-state index in [-0.39, 0.29) is 24.4 Å².